The van der Waals surface area contributed by atoms with Crippen LogP contribution in [0.4, 0.5) is 0 Å². The lowest BCUT2D eigenvalue weighted by Crippen LogP contribution is -2.48. The van der Waals surface area contributed by atoms with E-state index in [1.54, 1.807) is 0 Å². The van der Waals surface area contributed by atoms with E-state index in [9.17, 15) is 0 Å². The predicted octanol–water partition coefficient (Wildman–Crippen LogP) is -1.87. The Labute approximate surface area is 62.5 Å². The minimum atomic E-state index is -1.23. The van der Waals surface area contributed by atoms with Crippen molar-refractivity contribution < 1.29 is 20.4 Å². The van der Waals surface area contributed by atoms with Crippen molar-refractivity contribution in [1.29, 1.82) is 0 Å². The summed E-state index contributed by atoms with van der Waals surface area (Å²) in [5.41, 5.74) is -0.974. The van der Waals surface area contributed by atoms with E-state index in [2.05, 4.69) is 0 Å². The highest BCUT2D eigenvalue weighted by atomic mass is 32.2. The molecule has 0 bridgehead atoms. The van der Waals surface area contributed by atoms with Crippen LogP contribution in [0, 0.1) is 0 Å². The molecule has 4 nitrogen and oxygen atoms in total. The van der Waals surface area contributed by atoms with E-state index < -0.39 is 23.7 Å². The van der Waals surface area contributed by atoms with Gasteiger partial charge in [-0.1, -0.05) is 0 Å². The fraction of sp³-hybridized carbons (Fsp3) is 1.00. The second kappa shape index (κ2) is 3.06. The largest absolute Gasteiger partial charge is 0.389 e. The Morgan fingerprint density at radius 2 is 1.60 bits per heavy atom. The Balaban J connectivity index is 2.52. The summed E-state index contributed by atoms with van der Waals surface area (Å²) in [6.07, 6.45) is -3.37. The summed E-state index contributed by atoms with van der Waals surface area (Å²) in [5, 5.41) is 35.7. The van der Waals surface area contributed by atoms with Crippen molar-refractivity contribution in [3.63, 3.8) is 0 Å². The molecule has 1 fully saturated rings. The summed E-state index contributed by atoms with van der Waals surface area (Å²) in [4.78, 5) is 0. The summed E-state index contributed by atoms with van der Waals surface area (Å²) < 4.78 is 0. The van der Waals surface area contributed by atoms with Gasteiger partial charge in [-0.15, -0.1) is 11.8 Å². The van der Waals surface area contributed by atoms with Gasteiger partial charge in [0.15, 0.2) is 0 Å². The molecule has 10 heavy (non-hydrogen) atoms. The number of aliphatic hydroxyl groups is 4. The molecule has 0 aliphatic carbocycles. The molecule has 0 saturated carbocycles. The van der Waals surface area contributed by atoms with E-state index >= 15 is 0 Å². The molecule has 1 aliphatic heterocycles. The molecule has 4 atom stereocenters. The zero-order valence-corrected chi connectivity index (χ0v) is 6.03. The third-order valence-electron chi connectivity index (χ3n) is 1.47. The van der Waals surface area contributed by atoms with E-state index in [1.807, 2.05) is 0 Å². The van der Waals surface area contributed by atoms with Crippen molar-refractivity contribution in [2.45, 2.75) is 23.7 Å². The van der Waals surface area contributed by atoms with E-state index in [1.165, 1.54) is 0 Å². The second-order valence-electron chi connectivity index (χ2n) is 2.27. The quantitative estimate of drug-likeness (QED) is 0.339. The summed E-state index contributed by atoms with van der Waals surface area (Å²) in [6, 6.07) is 0. The molecule has 4 N–H and O–H groups in total. The first-order chi connectivity index (χ1) is 4.63. The highest BCUT2D eigenvalue weighted by Crippen LogP contribution is 2.23. The Kier molecular flexibility index (Phi) is 2.54. The molecule has 0 spiro atoms. The van der Waals surface area contributed by atoms with Gasteiger partial charge in [-0.2, -0.15) is 0 Å². The number of rotatable bonds is 0. The topological polar surface area (TPSA) is 80.9 Å². The predicted molar refractivity (Wildman–Crippen MR) is 36.5 cm³/mol. The van der Waals surface area contributed by atoms with Crippen molar-refractivity contribution >= 4 is 11.8 Å². The van der Waals surface area contributed by atoms with Crippen LogP contribution in [0.15, 0.2) is 0 Å². The Morgan fingerprint density at radius 3 is 2.10 bits per heavy atom. The van der Waals surface area contributed by atoms with Crippen molar-refractivity contribution in [2.75, 3.05) is 5.75 Å². The summed E-state index contributed by atoms with van der Waals surface area (Å²) >= 11 is 1.03. The van der Waals surface area contributed by atoms with Crippen LogP contribution in [0.3, 0.4) is 0 Å². The molecule has 0 aromatic carbocycles. The molecule has 0 aromatic rings. The molecule has 1 saturated heterocycles. The minimum absolute atomic E-state index is 0.263. The third kappa shape index (κ3) is 1.43. The average molecular weight is 166 g/mol. The molecule has 0 radical (unpaired) electrons. The second-order valence-corrected chi connectivity index (χ2v) is 3.42. The zero-order chi connectivity index (χ0) is 7.72. The van der Waals surface area contributed by atoms with Crippen molar-refractivity contribution in [3.8, 4) is 0 Å². The van der Waals surface area contributed by atoms with Crippen molar-refractivity contribution in [3.05, 3.63) is 0 Å². The molecular weight excluding hydrogens is 156 g/mol. The van der Waals surface area contributed by atoms with Gasteiger partial charge >= 0.3 is 0 Å². The SMILES string of the molecule is OC1CSC(O)C(O)C1O. The normalized spacial score (nSPS) is 49.2. The number of aliphatic hydroxyl groups excluding tert-OH is 4. The van der Waals surface area contributed by atoms with Gasteiger partial charge in [-0.05, 0) is 0 Å². The van der Waals surface area contributed by atoms with Gasteiger partial charge in [-0.25, -0.2) is 0 Å². The van der Waals surface area contributed by atoms with E-state index in [0.717, 1.165) is 11.8 Å². The van der Waals surface area contributed by atoms with E-state index in [4.69, 9.17) is 20.4 Å². The van der Waals surface area contributed by atoms with Gasteiger partial charge in [0.05, 0.1) is 6.10 Å². The smallest absolute Gasteiger partial charge is 0.128 e. The van der Waals surface area contributed by atoms with Gasteiger partial charge in [0, 0.05) is 5.75 Å². The van der Waals surface area contributed by atoms with Crippen LogP contribution in [-0.4, -0.2) is 49.9 Å². The maximum Gasteiger partial charge on any atom is 0.128 e. The first-order valence-electron chi connectivity index (χ1n) is 2.97. The molecule has 5 heteroatoms. The van der Waals surface area contributed by atoms with Crippen LogP contribution in [0.1, 0.15) is 0 Å². The standard InChI is InChI=1S/C5H10O4S/c6-2-1-10-5(9)4(8)3(2)7/h2-9H,1H2. The van der Waals surface area contributed by atoms with Gasteiger partial charge in [0.1, 0.15) is 17.6 Å². The lowest BCUT2D eigenvalue weighted by molar-refractivity contribution is -0.0834. The van der Waals surface area contributed by atoms with Gasteiger partial charge < -0.3 is 20.4 Å². The third-order valence-corrected chi connectivity index (χ3v) is 2.63. The summed E-state index contributed by atoms with van der Waals surface area (Å²) in [7, 11) is 0. The summed E-state index contributed by atoms with van der Waals surface area (Å²) in [5.74, 6) is 0.263. The highest BCUT2D eigenvalue weighted by Gasteiger charge is 2.35. The number of hydrogen-bond acceptors (Lipinski definition) is 5. The molecular formula is C5H10O4S. The Morgan fingerprint density at radius 1 is 1.00 bits per heavy atom. The van der Waals surface area contributed by atoms with Crippen LogP contribution >= 0.6 is 11.8 Å². The molecule has 1 heterocycles. The molecule has 0 aromatic heterocycles. The highest BCUT2D eigenvalue weighted by molar-refractivity contribution is 7.99. The van der Waals surface area contributed by atoms with Crippen molar-refractivity contribution in [2.24, 2.45) is 0 Å². The monoisotopic (exact) mass is 166 g/mol. The van der Waals surface area contributed by atoms with Crippen molar-refractivity contribution in [1.82, 2.24) is 0 Å². The lowest BCUT2D eigenvalue weighted by atomic mass is 10.1. The maximum atomic E-state index is 8.94. The number of hydrogen-bond donors (Lipinski definition) is 4. The maximum absolute atomic E-state index is 8.94. The fourth-order valence-corrected chi connectivity index (χ4v) is 1.74. The van der Waals surface area contributed by atoms with Crippen LogP contribution in [0.25, 0.3) is 0 Å². The van der Waals surface area contributed by atoms with Crippen LogP contribution in [0.5, 0.6) is 0 Å². The summed E-state index contributed by atoms with van der Waals surface area (Å²) in [6.45, 7) is 0. The molecule has 1 rings (SSSR count). The van der Waals surface area contributed by atoms with Crippen LogP contribution in [0.2, 0.25) is 0 Å². The first kappa shape index (κ1) is 8.29. The fourth-order valence-electron chi connectivity index (χ4n) is 0.791. The Hall–Kier alpha value is 0.190. The number of thioether (sulfide) groups is 1. The van der Waals surface area contributed by atoms with E-state index in [0.29, 0.717) is 0 Å². The Bertz CT molecular complexity index is 106. The molecule has 60 valence electrons. The average Bonchev–Trinajstić information content (AvgIpc) is 1.93. The first-order valence-corrected chi connectivity index (χ1v) is 4.01. The van der Waals surface area contributed by atoms with E-state index in [-0.39, 0.29) is 5.75 Å². The van der Waals surface area contributed by atoms with Crippen LogP contribution < -0.4 is 0 Å². The molecule has 0 amide bonds. The molecule has 1 aliphatic rings. The minimum Gasteiger partial charge on any atom is -0.389 e. The van der Waals surface area contributed by atoms with Gasteiger partial charge in [-0.3, -0.25) is 0 Å². The van der Waals surface area contributed by atoms with Gasteiger partial charge in [0.2, 0.25) is 0 Å². The van der Waals surface area contributed by atoms with Crippen LogP contribution in [-0.2, 0) is 0 Å². The zero-order valence-electron chi connectivity index (χ0n) is 5.21. The lowest BCUT2D eigenvalue weighted by Gasteiger charge is -2.31. The molecule has 4 unspecified atom stereocenters. The van der Waals surface area contributed by atoms with Gasteiger partial charge in [0.25, 0.3) is 0 Å².